The lowest BCUT2D eigenvalue weighted by Gasteiger charge is -2.28. The fourth-order valence-corrected chi connectivity index (χ4v) is 15.0. The zero-order valence-electron chi connectivity index (χ0n) is 70.2. The number of hydrogen-bond acceptors (Lipinski definition) is 27. The molecule has 0 radical (unpaired) electrons. The van der Waals surface area contributed by atoms with E-state index in [1.54, 1.807) is 17.2 Å². The Labute approximate surface area is 687 Å². The van der Waals surface area contributed by atoms with Crippen molar-refractivity contribution in [2.45, 2.75) is 225 Å². The molecular formula is C82H118N24O12. The van der Waals surface area contributed by atoms with Gasteiger partial charge in [0.25, 0.3) is 0 Å². The smallest absolute Gasteiger partial charge is 0.319 e. The number of rotatable bonds is 26. The van der Waals surface area contributed by atoms with E-state index >= 15 is 0 Å². The molecule has 6 aromatic heterocycles. The number of amides is 6. The van der Waals surface area contributed by atoms with Crippen LogP contribution in [0.15, 0.2) is 111 Å². The minimum absolute atomic E-state index is 0.0574. The number of ether oxygens (including phenoxy) is 7. The SMILES string of the molecule is CC1(C)O[C@@H]2[C@H](O1)[C@@H](CNCCCNC(=O)Nc1ccc(C(C)(C)C)cc1)O[C@H]2n1cnc2c(N)ncnc21.CCN(CCCNC(=O)Nc1ccc(C(C)(C)C)cc1)C[C@H]1O[C@@H](n2cnc3c(N)ncnc32)[C@@H]2OC(C)(C)O[C@@H]21.CCN(CCCNC(=O)Nc1ccc(C(C)(C)C)cc1)C[C@H]1O[C@@H](n2cnc3c(N)ncnc32)[C@H](O)[C@@H]1O. The summed E-state index contributed by atoms with van der Waals surface area (Å²) in [6.07, 6.45) is 4.92. The zero-order valence-corrected chi connectivity index (χ0v) is 70.2. The van der Waals surface area contributed by atoms with Gasteiger partial charge in [0, 0.05) is 56.3 Å². The molecule has 9 aromatic rings. The van der Waals surface area contributed by atoms with Gasteiger partial charge in [0.15, 0.2) is 64.7 Å². The fourth-order valence-electron chi connectivity index (χ4n) is 15.0. The van der Waals surface area contributed by atoms with Gasteiger partial charge in [-0.3, -0.25) is 13.7 Å². The molecule has 14 rings (SSSR count). The topological polar surface area (TPSA) is 456 Å². The lowest BCUT2D eigenvalue weighted by Crippen LogP contribution is -2.41. The molecule has 36 heteroatoms. The standard InChI is InChI=1S/C29H42N8O4.C27H38N8O4.C26H38N8O4/c1-7-36(14-8-13-31-27(38)35-19-11-9-18(10-12-19)28(2,3)4)15-20-22-23(41-29(5,6)40-22)26(39-20)37-17-34-21-24(30)32-16-33-25(21)37;1-26(2,3)16-7-9-17(10-8-16)34-25(36)30-12-6-11-29-13-18-20-21(39-27(4,5)38-20)24(37-18)35-15-33-19-22(28)31-14-32-23(19)35;1-5-33(12-6-11-28-25(37)32-17-9-7-16(8-10-17)26(2,3)4)13-18-20(35)21(36)24(38-18)34-15-31-19-22(27)29-14-30-23(19)34/h9-12,16-17,20,22-23,26H,7-8,13-15H2,1-6H3,(H2,30,32,33)(H2,31,35,38);7-10,14-15,18,20-21,24,29H,6,11-13H2,1-5H3,(H2,28,31,32)(H2,30,34,36);7-10,14-15,18,20-21,24,35-36H,5-6,11-13H2,1-4H3,(H2,27,29,30)(H2,28,32,37)/t20-,22-,23-,26-;2*18-,20-,21-,24-/m111/s1. The highest BCUT2D eigenvalue weighted by Gasteiger charge is 2.58. The van der Waals surface area contributed by atoms with Crippen molar-refractivity contribution in [3.8, 4) is 0 Å². The van der Waals surface area contributed by atoms with Crippen molar-refractivity contribution in [1.29, 1.82) is 0 Å². The maximum atomic E-state index is 12.4. The Bertz CT molecular complexity index is 4830. The molecule has 5 saturated heterocycles. The predicted octanol–water partition coefficient (Wildman–Crippen LogP) is 8.44. The van der Waals surface area contributed by atoms with Crippen LogP contribution in [0.25, 0.3) is 33.5 Å². The van der Waals surface area contributed by atoms with Gasteiger partial charge in [0.05, 0.1) is 19.0 Å². The third kappa shape index (κ3) is 21.4. The average Bonchev–Trinajstić information content (AvgIpc) is 1.59. The molecule has 0 aliphatic carbocycles. The van der Waals surface area contributed by atoms with Crippen molar-refractivity contribution in [3.63, 3.8) is 0 Å². The van der Waals surface area contributed by atoms with Crippen LogP contribution in [0.3, 0.4) is 0 Å². The van der Waals surface area contributed by atoms with E-state index in [1.807, 2.05) is 117 Å². The third-order valence-corrected chi connectivity index (χ3v) is 21.4. The van der Waals surface area contributed by atoms with Crippen LogP contribution in [0.1, 0.15) is 158 Å². The van der Waals surface area contributed by atoms with Gasteiger partial charge in [-0.2, -0.15) is 0 Å². The number of nitrogens with zero attached hydrogens (tertiary/aromatic N) is 14. The molecular weight excluding hydrogens is 1510 g/mol. The minimum Gasteiger partial charge on any atom is -0.387 e. The number of fused-ring (bicyclic) bond motifs is 5. The molecule has 0 bridgehead atoms. The van der Waals surface area contributed by atoms with E-state index in [-0.39, 0.29) is 76.8 Å². The van der Waals surface area contributed by atoms with Crippen LogP contribution in [0.5, 0.6) is 0 Å². The van der Waals surface area contributed by atoms with Gasteiger partial charge in [-0.25, -0.2) is 59.2 Å². The number of nitrogen functional groups attached to an aromatic ring is 3. The minimum atomic E-state index is -1.16. The number of imidazole rings is 3. The number of anilines is 6. The number of carbonyl (C=O) groups is 3. The second-order valence-electron chi connectivity index (χ2n) is 34.2. The Balaban J connectivity index is 0.000000163. The summed E-state index contributed by atoms with van der Waals surface area (Å²) >= 11 is 0. The van der Waals surface area contributed by atoms with Crippen LogP contribution in [0.4, 0.5) is 48.9 Å². The Hall–Kier alpha value is -9.96. The van der Waals surface area contributed by atoms with Crippen molar-refractivity contribution in [2.24, 2.45) is 0 Å². The number of nitrogens with one attached hydrogen (secondary N) is 7. The number of urea groups is 3. The molecule has 5 aliphatic heterocycles. The highest BCUT2D eigenvalue weighted by molar-refractivity contribution is 5.90. The van der Waals surface area contributed by atoms with Crippen LogP contribution in [-0.4, -0.2) is 235 Å². The van der Waals surface area contributed by atoms with Gasteiger partial charge >= 0.3 is 18.1 Å². The highest BCUT2D eigenvalue weighted by atomic mass is 16.8. The van der Waals surface area contributed by atoms with E-state index in [4.69, 9.17) is 50.4 Å². The first kappa shape index (κ1) is 87.4. The molecule has 6 amide bonds. The number of hydrogen-bond donors (Lipinski definition) is 12. The van der Waals surface area contributed by atoms with E-state index in [9.17, 15) is 24.6 Å². The highest BCUT2D eigenvalue weighted by Crippen LogP contribution is 2.46. The fraction of sp³-hybridized carbons (Fsp3) is 0.561. The van der Waals surface area contributed by atoms with E-state index < -0.39 is 48.6 Å². The van der Waals surface area contributed by atoms with Crippen LogP contribution < -0.4 is 54.4 Å². The van der Waals surface area contributed by atoms with Gasteiger partial charge in [0.2, 0.25) is 0 Å². The molecule has 11 heterocycles. The average molecular weight is 1630 g/mol. The molecule has 638 valence electrons. The summed E-state index contributed by atoms with van der Waals surface area (Å²) in [7, 11) is 0. The normalized spacial score (nSPS) is 23.2. The molecule has 3 aromatic carbocycles. The van der Waals surface area contributed by atoms with E-state index in [1.165, 1.54) is 42.0 Å². The zero-order chi connectivity index (χ0) is 84.6. The summed E-state index contributed by atoms with van der Waals surface area (Å²) in [5.41, 5.74) is 27.0. The number of aliphatic hydroxyl groups excluding tert-OH is 2. The molecule has 0 unspecified atom stereocenters. The summed E-state index contributed by atoms with van der Waals surface area (Å²) < 4.78 is 49.2. The van der Waals surface area contributed by atoms with Gasteiger partial charge in [-0.05, 0) is 149 Å². The van der Waals surface area contributed by atoms with E-state index in [0.29, 0.717) is 104 Å². The number of aliphatic hydroxyl groups is 2. The van der Waals surface area contributed by atoms with Crippen molar-refractivity contribution >= 4 is 86.1 Å². The molecule has 118 heavy (non-hydrogen) atoms. The molecule has 12 atom stereocenters. The van der Waals surface area contributed by atoms with Gasteiger partial charge < -0.3 is 108 Å². The summed E-state index contributed by atoms with van der Waals surface area (Å²) in [4.78, 5) is 79.3. The number of likely N-dealkylation sites (N-methyl/N-ethyl adjacent to an activating group) is 2. The summed E-state index contributed by atoms with van der Waals surface area (Å²) in [6, 6.07) is 23.1. The first-order valence-electron chi connectivity index (χ1n) is 40.5. The molecule has 5 aliphatic rings. The van der Waals surface area contributed by atoms with Gasteiger partial charge in [-0.1, -0.05) is 113 Å². The molecule has 0 spiro atoms. The molecule has 5 fully saturated rings. The summed E-state index contributed by atoms with van der Waals surface area (Å²) in [6.45, 7) is 38.1. The second-order valence-corrected chi connectivity index (χ2v) is 34.2. The van der Waals surface area contributed by atoms with Gasteiger partial charge in [0.1, 0.15) is 90.5 Å². The monoisotopic (exact) mass is 1630 g/mol. The van der Waals surface area contributed by atoms with E-state index in [2.05, 4.69) is 161 Å². The van der Waals surface area contributed by atoms with Crippen molar-refractivity contribution < 1.29 is 57.8 Å². The first-order valence-corrected chi connectivity index (χ1v) is 40.5. The third-order valence-electron chi connectivity index (χ3n) is 21.4. The number of carbonyl (C=O) groups excluding carboxylic acids is 3. The molecule has 36 nitrogen and oxygen atoms in total. The van der Waals surface area contributed by atoms with Crippen molar-refractivity contribution in [3.05, 3.63) is 127 Å². The largest absolute Gasteiger partial charge is 0.387 e. The predicted molar refractivity (Wildman–Crippen MR) is 448 cm³/mol. The maximum absolute atomic E-state index is 12.4. The van der Waals surface area contributed by atoms with Crippen LogP contribution in [0.2, 0.25) is 0 Å². The lowest BCUT2D eigenvalue weighted by molar-refractivity contribution is -0.198. The summed E-state index contributed by atoms with van der Waals surface area (Å²) in [5.74, 6) is -0.597. The van der Waals surface area contributed by atoms with Crippen LogP contribution in [0, 0.1) is 0 Å². The first-order chi connectivity index (χ1) is 56.0. The van der Waals surface area contributed by atoms with Crippen LogP contribution >= 0.6 is 0 Å². The number of nitrogens with two attached hydrogens (primary N) is 3. The quantitative estimate of drug-likeness (QED) is 0.0226. The summed E-state index contributed by atoms with van der Waals surface area (Å²) in [5, 5.41) is 42.2. The Morgan fingerprint density at radius 1 is 0.432 bits per heavy atom. The Morgan fingerprint density at radius 3 is 1.14 bits per heavy atom. The molecule has 0 saturated carbocycles. The van der Waals surface area contributed by atoms with Crippen LogP contribution in [-0.2, 0) is 49.4 Å². The number of benzene rings is 3. The lowest BCUT2D eigenvalue weighted by atomic mass is 9.87. The van der Waals surface area contributed by atoms with E-state index in [0.717, 1.165) is 49.5 Å². The number of aromatic nitrogens is 12. The maximum Gasteiger partial charge on any atom is 0.319 e. The van der Waals surface area contributed by atoms with Gasteiger partial charge in [-0.15, -0.1) is 0 Å². The molecule has 15 N–H and O–H groups in total. The van der Waals surface area contributed by atoms with Crippen molar-refractivity contribution in [1.82, 2.24) is 89.6 Å². The second kappa shape index (κ2) is 37.1. The van der Waals surface area contributed by atoms with Crippen molar-refractivity contribution in [2.75, 3.05) is 105 Å². The Kier molecular flexibility index (Phi) is 27.5. The Morgan fingerprint density at radius 2 is 0.763 bits per heavy atom.